The van der Waals surface area contributed by atoms with Crippen LogP contribution in [0.25, 0.3) is 10.9 Å². The second-order valence-electron chi connectivity index (χ2n) is 8.82. The summed E-state index contributed by atoms with van der Waals surface area (Å²) in [4.78, 5) is 20.1. The van der Waals surface area contributed by atoms with Crippen LogP contribution in [0.5, 0.6) is 5.75 Å². The Morgan fingerprint density at radius 3 is 2.85 bits per heavy atom. The molecule has 34 heavy (non-hydrogen) atoms. The van der Waals surface area contributed by atoms with Gasteiger partial charge in [-0.15, -0.1) is 11.8 Å². The number of hydrogen-bond acceptors (Lipinski definition) is 5. The zero-order chi connectivity index (χ0) is 23.9. The first-order valence-corrected chi connectivity index (χ1v) is 13.2. The number of thioether (sulfide) groups is 1. The van der Waals surface area contributed by atoms with Gasteiger partial charge in [0.1, 0.15) is 5.75 Å². The van der Waals surface area contributed by atoms with Gasteiger partial charge in [0.2, 0.25) is 0 Å². The van der Waals surface area contributed by atoms with Crippen molar-refractivity contribution in [3.05, 3.63) is 65.3 Å². The molecule has 3 aromatic rings. The number of nitrogens with zero attached hydrogens (tertiary/aromatic N) is 2. The van der Waals surface area contributed by atoms with Gasteiger partial charge in [-0.1, -0.05) is 29.8 Å². The number of hydrogen-bond donors (Lipinski definition) is 1. The third kappa shape index (κ3) is 6.23. The summed E-state index contributed by atoms with van der Waals surface area (Å²) in [6.45, 7) is 2.50. The third-order valence-corrected chi connectivity index (χ3v) is 8.03. The fourth-order valence-corrected chi connectivity index (χ4v) is 6.01. The highest BCUT2D eigenvalue weighted by molar-refractivity contribution is 7.99. The summed E-state index contributed by atoms with van der Waals surface area (Å²) in [5.41, 5.74) is 1.96. The van der Waals surface area contributed by atoms with E-state index in [2.05, 4.69) is 22.0 Å². The van der Waals surface area contributed by atoms with E-state index in [9.17, 15) is 9.90 Å². The predicted molar refractivity (Wildman–Crippen MR) is 139 cm³/mol. The number of carboxylic acid groups (broad SMARTS) is 1. The number of carbonyl (C=O) groups is 1. The number of benzene rings is 2. The molecule has 0 unspecified atom stereocenters. The molecule has 1 saturated heterocycles. The number of rotatable bonds is 10. The van der Waals surface area contributed by atoms with E-state index in [4.69, 9.17) is 16.3 Å². The largest absolute Gasteiger partial charge is 0.497 e. The van der Waals surface area contributed by atoms with Crippen LogP contribution in [0.3, 0.4) is 0 Å². The Kier molecular flexibility index (Phi) is 8.70. The van der Waals surface area contributed by atoms with Crippen LogP contribution in [0.15, 0.2) is 59.6 Å². The number of likely N-dealkylation sites (tertiary alicyclic amines) is 1. The summed E-state index contributed by atoms with van der Waals surface area (Å²) >= 11 is 8.33. The van der Waals surface area contributed by atoms with Crippen LogP contribution in [-0.2, 0) is 11.2 Å². The van der Waals surface area contributed by atoms with Crippen molar-refractivity contribution >= 4 is 40.2 Å². The molecule has 180 valence electrons. The molecule has 1 aliphatic heterocycles. The van der Waals surface area contributed by atoms with Crippen molar-refractivity contribution in [2.45, 2.75) is 30.6 Å². The van der Waals surface area contributed by atoms with Gasteiger partial charge in [0, 0.05) is 35.3 Å². The fourth-order valence-electron chi connectivity index (χ4n) is 4.83. The molecule has 2 heterocycles. The number of pyridine rings is 1. The molecule has 0 saturated carbocycles. The van der Waals surface area contributed by atoms with Gasteiger partial charge < -0.3 is 14.7 Å². The van der Waals surface area contributed by atoms with E-state index >= 15 is 0 Å². The number of piperidine rings is 1. The maximum atomic E-state index is 12.1. The van der Waals surface area contributed by atoms with E-state index in [0.29, 0.717) is 11.6 Å². The van der Waals surface area contributed by atoms with Gasteiger partial charge in [0.25, 0.3) is 0 Å². The van der Waals surface area contributed by atoms with Crippen LogP contribution < -0.4 is 4.74 Å². The van der Waals surface area contributed by atoms with Crippen LogP contribution in [-0.4, -0.2) is 53.5 Å². The van der Waals surface area contributed by atoms with Crippen molar-refractivity contribution in [1.82, 2.24) is 9.88 Å². The number of ether oxygens (including phenoxy) is 1. The fraction of sp³-hybridized carbons (Fsp3) is 0.407. The Labute approximate surface area is 210 Å². The molecule has 1 fully saturated rings. The molecule has 2 atom stereocenters. The number of fused-ring (bicyclic) bond motifs is 1. The Balaban J connectivity index is 1.32. The standard InChI is InChI=1S/C27H31ClN2O3S/c1-33-20-10-11-26-23(16-20)22(25(28)17-29-26)9-5-6-19-12-13-30(18-24(19)27(31)32)14-15-34-21-7-3-2-4-8-21/h2-4,7-8,10-11,16-17,19,24H,5-6,9,12-15,18H2,1H3,(H,31,32)/t19-,24+/m0/s1. The molecule has 0 bridgehead atoms. The molecule has 0 amide bonds. The van der Waals surface area contributed by atoms with Crippen molar-refractivity contribution in [3.8, 4) is 5.75 Å². The van der Waals surface area contributed by atoms with Crippen molar-refractivity contribution in [3.63, 3.8) is 0 Å². The minimum atomic E-state index is -0.678. The van der Waals surface area contributed by atoms with Crippen LogP contribution in [0.1, 0.15) is 24.8 Å². The highest BCUT2D eigenvalue weighted by Gasteiger charge is 2.33. The highest BCUT2D eigenvalue weighted by Crippen LogP contribution is 2.32. The summed E-state index contributed by atoms with van der Waals surface area (Å²) in [7, 11) is 1.65. The summed E-state index contributed by atoms with van der Waals surface area (Å²) in [5, 5.41) is 11.6. The van der Waals surface area contributed by atoms with E-state index in [1.807, 2.05) is 48.2 Å². The van der Waals surface area contributed by atoms with Crippen LogP contribution in [0.4, 0.5) is 0 Å². The summed E-state index contributed by atoms with van der Waals surface area (Å²) in [6, 6.07) is 16.2. The molecule has 1 aliphatic rings. The molecule has 4 rings (SSSR count). The molecule has 0 radical (unpaired) electrons. The molecule has 1 aromatic heterocycles. The van der Waals surface area contributed by atoms with Gasteiger partial charge >= 0.3 is 5.97 Å². The molecule has 1 N–H and O–H groups in total. The van der Waals surface area contributed by atoms with Crippen molar-refractivity contribution in [1.29, 1.82) is 0 Å². The van der Waals surface area contributed by atoms with Crippen molar-refractivity contribution in [2.75, 3.05) is 32.5 Å². The smallest absolute Gasteiger partial charge is 0.308 e. The maximum absolute atomic E-state index is 12.1. The van der Waals surface area contributed by atoms with Crippen LogP contribution in [0, 0.1) is 11.8 Å². The average Bonchev–Trinajstić information content (AvgIpc) is 2.86. The second-order valence-corrected chi connectivity index (χ2v) is 10.4. The van der Waals surface area contributed by atoms with Crippen molar-refractivity contribution < 1.29 is 14.6 Å². The van der Waals surface area contributed by atoms with Gasteiger partial charge in [-0.2, -0.15) is 0 Å². The van der Waals surface area contributed by atoms with Gasteiger partial charge in [-0.05, 0) is 74.0 Å². The number of methoxy groups -OCH3 is 1. The quantitative estimate of drug-likeness (QED) is 0.344. The monoisotopic (exact) mass is 498 g/mol. The first kappa shape index (κ1) is 24.8. The number of halogens is 1. The van der Waals surface area contributed by atoms with E-state index in [1.165, 1.54) is 4.90 Å². The molecule has 0 aliphatic carbocycles. The number of aryl methyl sites for hydroxylation is 1. The lowest BCUT2D eigenvalue weighted by molar-refractivity contribution is -0.146. The molecule has 7 heteroatoms. The average molecular weight is 499 g/mol. The lowest BCUT2D eigenvalue weighted by Crippen LogP contribution is -2.44. The Bertz CT molecular complexity index is 1110. The second kappa shape index (κ2) is 11.9. The van der Waals surface area contributed by atoms with Crippen LogP contribution in [0.2, 0.25) is 5.02 Å². The van der Waals surface area contributed by atoms with Gasteiger partial charge in [-0.25, -0.2) is 0 Å². The van der Waals surface area contributed by atoms with Crippen LogP contribution >= 0.6 is 23.4 Å². The predicted octanol–water partition coefficient (Wildman–Crippen LogP) is 6.03. The summed E-state index contributed by atoms with van der Waals surface area (Å²) < 4.78 is 5.38. The minimum Gasteiger partial charge on any atom is -0.497 e. The third-order valence-electron chi connectivity index (χ3n) is 6.71. The van der Waals surface area contributed by atoms with E-state index in [-0.39, 0.29) is 11.8 Å². The molecule has 0 spiro atoms. The molecular weight excluding hydrogens is 468 g/mol. The minimum absolute atomic E-state index is 0.192. The lowest BCUT2D eigenvalue weighted by Gasteiger charge is -2.36. The Hall–Kier alpha value is -2.28. The summed E-state index contributed by atoms with van der Waals surface area (Å²) in [6.07, 6.45) is 5.20. The van der Waals surface area contributed by atoms with Gasteiger partial charge in [-0.3, -0.25) is 9.78 Å². The normalized spacial score (nSPS) is 18.8. The van der Waals surface area contributed by atoms with E-state index in [0.717, 1.165) is 66.7 Å². The molecular formula is C27H31ClN2O3S. The van der Waals surface area contributed by atoms with E-state index < -0.39 is 5.97 Å². The first-order chi connectivity index (χ1) is 16.5. The summed E-state index contributed by atoms with van der Waals surface area (Å²) in [5.74, 6) is 0.944. The molecule has 2 aromatic carbocycles. The number of carboxylic acids is 1. The van der Waals surface area contributed by atoms with Crippen molar-refractivity contribution in [2.24, 2.45) is 11.8 Å². The Morgan fingerprint density at radius 2 is 2.09 bits per heavy atom. The van der Waals surface area contributed by atoms with E-state index in [1.54, 1.807) is 13.3 Å². The molecule has 5 nitrogen and oxygen atoms in total. The zero-order valence-electron chi connectivity index (χ0n) is 19.5. The Morgan fingerprint density at radius 1 is 1.26 bits per heavy atom. The number of aliphatic carboxylic acids is 1. The zero-order valence-corrected chi connectivity index (χ0v) is 21.0. The van der Waals surface area contributed by atoms with Gasteiger partial charge in [0.05, 0.1) is 23.6 Å². The lowest BCUT2D eigenvalue weighted by atomic mass is 9.81. The van der Waals surface area contributed by atoms with Gasteiger partial charge in [0.15, 0.2) is 0 Å². The highest BCUT2D eigenvalue weighted by atomic mass is 35.5. The topological polar surface area (TPSA) is 62.7 Å². The first-order valence-electron chi connectivity index (χ1n) is 11.8. The SMILES string of the molecule is COc1ccc2ncc(Cl)c(CCC[C@H]3CCN(CCSc4ccccc4)C[C@H]3C(=O)O)c2c1. The maximum Gasteiger partial charge on any atom is 0.308 e. The number of aromatic nitrogens is 1.